The smallest absolute Gasteiger partial charge is 0.129 e. The van der Waals surface area contributed by atoms with Gasteiger partial charge in [0, 0.05) is 35.9 Å². The lowest BCUT2D eigenvalue weighted by atomic mass is 9.86. The summed E-state index contributed by atoms with van der Waals surface area (Å²) in [7, 11) is 0. The molecule has 4 aromatic rings. The molecular formula is C27H26N6O. The van der Waals surface area contributed by atoms with E-state index in [-0.39, 0.29) is 6.04 Å². The summed E-state index contributed by atoms with van der Waals surface area (Å²) in [5.74, 6) is 0.960. The summed E-state index contributed by atoms with van der Waals surface area (Å²) in [6.07, 6.45) is 5.07. The minimum Gasteiger partial charge on any atom is -0.378 e. The first-order valence-electron chi connectivity index (χ1n) is 11.9. The number of benzene rings is 2. The molecule has 6 rings (SSSR count). The van der Waals surface area contributed by atoms with Crippen LogP contribution in [0.1, 0.15) is 35.6 Å². The third-order valence-electron chi connectivity index (χ3n) is 6.84. The maximum absolute atomic E-state index is 9.24. The Balaban J connectivity index is 1.31. The Kier molecular flexibility index (Phi) is 5.36. The van der Waals surface area contributed by atoms with Crippen molar-refractivity contribution in [3.63, 3.8) is 0 Å². The third-order valence-corrected chi connectivity index (χ3v) is 6.84. The molecule has 1 fully saturated rings. The van der Waals surface area contributed by atoms with E-state index in [1.165, 1.54) is 11.1 Å². The second kappa shape index (κ2) is 8.81. The standard InChI is InChI=1S/C27H26N6O/c28-17-18-4-6-22-19(14-18)2-1-3-24(22)30-21-5-7-25-23(16-21)27(32-31-25)20-8-9-29-26(15-20)33-10-12-34-13-11-33/h4-9,14-16,24,30H,1-3,10-13H2,(H,31,32)/t24-/m0/s1. The summed E-state index contributed by atoms with van der Waals surface area (Å²) in [5.41, 5.74) is 7.36. The number of nitrogens with one attached hydrogen (secondary N) is 2. The number of H-pyrrole nitrogens is 1. The van der Waals surface area contributed by atoms with Crippen LogP contribution in [0.2, 0.25) is 0 Å². The zero-order valence-corrected chi connectivity index (χ0v) is 18.9. The molecule has 0 bridgehead atoms. The van der Waals surface area contributed by atoms with Crippen LogP contribution in [-0.2, 0) is 11.2 Å². The lowest BCUT2D eigenvalue weighted by Crippen LogP contribution is -2.36. The van der Waals surface area contributed by atoms with Gasteiger partial charge in [0.2, 0.25) is 0 Å². The van der Waals surface area contributed by atoms with Crippen LogP contribution in [0.15, 0.2) is 54.7 Å². The average Bonchev–Trinajstić information content (AvgIpc) is 3.32. The van der Waals surface area contributed by atoms with Crippen LogP contribution in [0.25, 0.3) is 22.2 Å². The number of ether oxygens (including phenoxy) is 1. The van der Waals surface area contributed by atoms with E-state index in [0.717, 1.165) is 84.8 Å². The zero-order valence-electron chi connectivity index (χ0n) is 18.9. The van der Waals surface area contributed by atoms with Gasteiger partial charge in [0.05, 0.1) is 36.4 Å². The fourth-order valence-corrected chi connectivity index (χ4v) is 5.09. The first-order valence-corrected chi connectivity index (χ1v) is 11.9. The van der Waals surface area contributed by atoms with Gasteiger partial charge in [0.1, 0.15) is 11.5 Å². The van der Waals surface area contributed by atoms with E-state index in [1.54, 1.807) is 0 Å². The Morgan fingerprint density at radius 3 is 2.88 bits per heavy atom. The molecular weight excluding hydrogens is 424 g/mol. The minimum atomic E-state index is 0.234. The summed E-state index contributed by atoms with van der Waals surface area (Å²) in [6.45, 7) is 3.16. The molecule has 7 heteroatoms. The molecule has 2 N–H and O–H groups in total. The average molecular weight is 451 g/mol. The topological polar surface area (TPSA) is 89.9 Å². The fraction of sp³-hybridized carbons (Fsp3) is 0.296. The zero-order chi connectivity index (χ0) is 22.9. The Hall–Kier alpha value is -3.89. The first kappa shape index (κ1) is 20.7. The van der Waals surface area contributed by atoms with Crippen LogP contribution in [0.4, 0.5) is 11.5 Å². The van der Waals surface area contributed by atoms with Crippen molar-refractivity contribution in [2.24, 2.45) is 0 Å². The van der Waals surface area contributed by atoms with Gasteiger partial charge in [-0.2, -0.15) is 10.4 Å². The number of aromatic nitrogens is 3. The number of anilines is 2. The van der Waals surface area contributed by atoms with Crippen molar-refractivity contribution in [3.05, 3.63) is 71.4 Å². The molecule has 3 heterocycles. The van der Waals surface area contributed by atoms with E-state index in [1.807, 2.05) is 24.4 Å². The molecule has 1 atom stereocenters. The molecule has 7 nitrogen and oxygen atoms in total. The maximum Gasteiger partial charge on any atom is 0.129 e. The van der Waals surface area contributed by atoms with Gasteiger partial charge in [-0.3, -0.25) is 5.10 Å². The van der Waals surface area contributed by atoms with Gasteiger partial charge >= 0.3 is 0 Å². The number of nitrogens with zero attached hydrogens (tertiary/aromatic N) is 4. The van der Waals surface area contributed by atoms with Crippen molar-refractivity contribution in [3.8, 4) is 17.3 Å². The molecule has 0 saturated carbocycles. The predicted octanol–water partition coefficient (Wildman–Crippen LogP) is 4.82. The molecule has 2 aromatic heterocycles. The van der Waals surface area contributed by atoms with Crippen molar-refractivity contribution < 1.29 is 4.74 Å². The van der Waals surface area contributed by atoms with Crippen molar-refractivity contribution in [1.82, 2.24) is 15.2 Å². The highest BCUT2D eigenvalue weighted by Gasteiger charge is 2.21. The highest BCUT2D eigenvalue weighted by molar-refractivity contribution is 5.95. The van der Waals surface area contributed by atoms with Crippen molar-refractivity contribution in [2.75, 3.05) is 36.5 Å². The molecule has 170 valence electrons. The van der Waals surface area contributed by atoms with Crippen molar-refractivity contribution >= 4 is 22.4 Å². The first-order chi connectivity index (χ1) is 16.8. The Morgan fingerprint density at radius 1 is 1.09 bits per heavy atom. The lowest BCUT2D eigenvalue weighted by Gasteiger charge is -2.28. The van der Waals surface area contributed by atoms with Gasteiger partial charge in [0.25, 0.3) is 0 Å². The Labute approximate surface area is 198 Å². The SMILES string of the molecule is N#Cc1ccc2c(c1)CCC[C@@H]2Nc1ccc2[nH]nc(-c3ccnc(N4CCOCC4)c3)c2c1. The number of hydrogen-bond acceptors (Lipinski definition) is 6. The summed E-state index contributed by atoms with van der Waals surface area (Å²) in [5, 5.41) is 21.9. The van der Waals surface area contributed by atoms with E-state index >= 15 is 0 Å². The van der Waals surface area contributed by atoms with E-state index < -0.39 is 0 Å². The minimum absolute atomic E-state index is 0.234. The van der Waals surface area contributed by atoms with Crippen LogP contribution < -0.4 is 10.2 Å². The lowest BCUT2D eigenvalue weighted by molar-refractivity contribution is 0.122. The number of morpholine rings is 1. The van der Waals surface area contributed by atoms with Crippen LogP contribution >= 0.6 is 0 Å². The van der Waals surface area contributed by atoms with Crippen LogP contribution in [0.5, 0.6) is 0 Å². The molecule has 1 saturated heterocycles. The number of aromatic amines is 1. The molecule has 1 aliphatic heterocycles. The summed E-state index contributed by atoms with van der Waals surface area (Å²) >= 11 is 0. The normalized spacial score (nSPS) is 17.9. The maximum atomic E-state index is 9.24. The number of nitriles is 1. The van der Waals surface area contributed by atoms with Gasteiger partial charge in [-0.15, -0.1) is 0 Å². The molecule has 2 aromatic carbocycles. The number of rotatable bonds is 4. The summed E-state index contributed by atoms with van der Waals surface area (Å²) < 4.78 is 5.48. The number of pyridine rings is 1. The summed E-state index contributed by atoms with van der Waals surface area (Å²) in [6, 6.07) is 19.1. The van der Waals surface area contributed by atoms with Gasteiger partial charge in [0.15, 0.2) is 0 Å². The third kappa shape index (κ3) is 3.87. The summed E-state index contributed by atoms with van der Waals surface area (Å²) in [4.78, 5) is 6.84. The van der Waals surface area contributed by atoms with Gasteiger partial charge in [-0.25, -0.2) is 4.98 Å². The molecule has 1 aliphatic carbocycles. The van der Waals surface area contributed by atoms with Crippen molar-refractivity contribution in [1.29, 1.82) is 5.26 Å². The monoisotopic (exact) mass is 450 g/mol. The molecule has 0 radical (unpaired) electrons. The molecule has 0 spiro atoms. The van der Waals surface area contributed by atoms with Gasteiger partial charge < -0.3 is 15.0 Å². The molecule has 2 aliphatic rings. The molecule has 0 unspecified atom stereocenters. The van der Waals surface area contributed by atoms with E-state index in [9.17, 15) is 5.26 Å². The fourth-order valence-electron chi connectivity index (χ4n) is 5.09. The molecule has 34 heavy (non-hydrogen) atoms. The van der Waals surface area contributed by atoms with E-state index in [2.05, 4.69) is 61.8 Å². The molecule has 0 amide bonds. The largest absolute Gasteiger partial charge is 0.378 e. The predicted molar refractivity (Wildman–Crippen MR) is 133 cm³/mol. The van der Waals surface area contributed by atoms with Gasteiger partial charge in [-0.1, -0.05) is 6.07 Å². The highest BCUT2D eigenvalue weighted by Crippen LogP contribution is 2.35. The Bertz CT molecular complexity index is 1380. The Morgan fingerprint density at radius 2 is 2.00 bits per heavy atom. The van der Waals surface area contributed by atoms with Gasteiger partial charge in [-0.05, 0) is 72.9 Å². The quantitative estimate of drug-likeness (QED) is 0.463. The second-order valence-electron chi connectivity index (χ2n) is 8.95. The van der Waals surface area contributed by atoms with E-state index in [4.69, 9.17) is 4.74 Å². The van der Waals surface area contributed by atoms with Crippen LogP contribution in [0.3, 0.4) is 0 Å². The van der Waals surface area contributed by atoms with Crippen LogP contribution in [-0.4, -0.2) is 41.5 Å². The number of fused-ring (bicyclic) bond motifs is 2. The van der Waals surface area contributed by atoms with E-state index in [0.29, 0.717) is 0 Å². The van der Waals surface area contributed by atoms with Crippen molar-refractivity contribution in [2.45, 2.75) is 25.3 Å². The van der Waals surface area contributed by atoms with Crippen LogP contribution in [0, 0.1) is 11.3 Å². The highest BCUT2D eigenvalue weighted by atomic mass is 16.5. The number of aryl methyl sites for hydroxylation is 1. The number of hydrogen-bond donors (Lipinski definition) is 2. The second-order valence-corrected chi connectivity index (χ2v) is 8.95.